The van der Waals surface area contributed by atoms with Crippen LogP contribution in [0.4, 0.5) is 11.4 Å². The van der Waals surface area contributed by atoms with E-state index in [0.29, 0.717) is 22.9 Å². The number of nitrogen functional groups attached to an aromatic ring is 1. The molecule has 3 N–H and O–H groups in total. The second-order valence-corrected chi connectivity index (χ2v) is 7.82. The lowest BCUT2D eigenvalue weighted by Gasteiger charge is -2.37. The Balaban J connectivity index is 1.92. The van der Waals surface area contributed by atoms with E-state index in [0.717, 1.165) is 18.8 Å². The van der Waals surface area contributed by atoms with Gasteiger partial charge in [-0.1, -0.05) is 11.6 Å². The predicted molar refractivity (Wildman–Crippen MR) is 87.5 cm³/mol. The van der Waals surface area contributed by atoms with Gasteiger partial charge in [0.25, 0.3) is 0 Å². The fraction of sp³-hybridized carbons (Fsp3) is 0.500. The molecule has 0 atom stereocenters. The molecule has 1 amide bonds. The number of nitrogens with one attached hydrogen (secondary N) is 1. The van der Waals surface area contributed by atoms with Crippen LogP contribution in [0.2, 0.25) is 5.02 Å². The summed E-state index contributed by atoms with van der Waals surface area (Å²) in [5.41, 5.74) is 6.82. The molecule has 0 aromatic heterocycles. The lowest BCUT2D eigenvalue weighted by atomic mass is 10.2. The van der Waals surface area contributed by atoms with E-state index in [1.807, 2.05) is 11.8 Å². The molecule has 0 radical (unpaired) electrons. The third-order valence-corrected chi connectivity index (χ3v) is 4.75. The summed E-state index contributed by atoms with van der Waals surface area (Å²) in [5, 5.41) is 3.30. The Labute approximate surface area is 129 Å². The first-order valence-corrected chi connectivity index (χ1v) is 7.93. The van der Waals surface area contributed by atoms with E-state index in [2.05, 4.69) is 24.1 Å². The fourth-order valence-electron chi connectivity index (χ4n) is 2.27. The summed E-state index contributed by atoms with van der Waals surface area (Å²) in [4.78, 5) is 14.3. The van der Waals surface area contributed by atoms with Gasteiger partial charge in [-0.25, -0.2) is 0 Å². The third kappa shape index (κ3) is 4.30. The number of carbonyl (C=O) groups is 1. The molecule has 1 fully saturated rings. The molecule has 0 unspecified atom stereocenters. The van der Waals surface area contributed by atoms with Gasteiger partial charge in [0.05, 0.1) is 17.3 Å². The number of carbonyl (C=O) groups excluding carboxylic acids is 1. The summed E-state index contributed by atoms with van der Waals surface area (Å²) in [6.45, 7) is 6.67. The van der Waals surface area contributed by atoms with Gasteiger partial charge < -0.3 is 11.1 Å². The molecule has 1 heterocycles. The van der Waals surface area contributed by atoms with Crippen molar-refractivity contribution in [2.24, 2.45) is 0 Å². The number of nitrogens with zero attached hydrogens (tertiary/aromatic N) is 1. The third-order valence-electron chi connectivity index (χ3n) is 3.14. The molecule has 1 aliphatic heterocycles. The molecule has 4 nitrogen and oxygen atoms in total. The minimum Gasteiger partial charge on any atom is -0.399 e. The summed E-state index contributed by atoms with van der Waals surface area (Å²) in [7, 11) is 0. The zero-order valence-corrected chi connectivity index (χ0v) is 13.4. The van der Waals surface area contributed by atoms with Crippen molar-refractivity contribution in [2.45, 2.75) is 18.6 Å². The Kier molecular flexibility index (Phi) is 4.83. The van der Waals surface area contributed by atoms with Crippen molar-refractivity contribution in [3.05, 3.63) is 23.2 Å². The van der Waals surface area contributed by atoms with Gasteiger partial charge in [-0.15, -0.1) is 0 Å². The van der Waals surface area contributed by atoms with Gasteiger partial charge in [0.1, 0.15) is 0 Å². The molecule has 1 aliphatic rings. The highest BCUT2D eigenvalue weighted by Crippen LogP contribution is 2.29. The molecule has 0 aliphatic carbocycles. The Bertz CT molecular complexity index is 507. The molecule has 2 rings (SSSR count). The summed E-state index contributed by atoms with van der Waals surface area (Å²) >= 11 is 8.00. The van der Waals surface area contributed by atoms with Crippen molar-refractivity contribution in [1.29, 1.82) is 0 Å². The number of rotatable bonds is 3. The van der Waals surface area contributed by atoms with E-state index in [9.17, 15) is 4.79 Å². The number of nitrogens with two attached hydrogens (primary N) is 1. The predicted octanol–water partition coefficient (Wildman–Crippen LogP) is 2.69. The maximum Gasteiger partial charge on any atom is 0.238 e. The zero-order chi connectivity index (χ0) is 14.8. The Morgan fingerprint density at radius 2 is 2.30 bits per heavy atom. The van der Waals surface area contributed by atoms with E-state index in [4.69, 9.17) is 17.3 Å². The number of halogens is 1. The van der Waals surface area contributed by atoms with Crippen molar-refractivity contribution in [3.63, 3.8) is 0 Å². The van der Waals surface area contributed by atoms with Gasteiger partial charge in [0.15, 0.2) is 0 Å². The van der Waals surface area contributed by atoms with Crippen LogP contribution in [0.25, 0.3) is 0 Å². The van der Waals surface area contributed by atoms with Gasteiger partial charge in [0, 0.05) is 29.3 Å². The van der Waals surface area contributed by atoms with Gasteiger partial charge in [-0.2, -0.15) is 11.8 Å². The van der Waals surface area contributed by atoms with E-state index in [-0.39, 0.29) is 10.7 Å². The Morgan fingerprint density at radius 3 is 2.95 bits per heavy atom. The number of hydrogen-bond donors (Lipinski definition) is 2. The highest BCUT2D eigenvalue weighted by atomic mass is 35.5. The average Bonchev–Trinajstić information content (AvgIpc) is 2.31. The number of amides is 1. The molecule has 1 saturated heterocycles. The van der Waals surface area contributed by atoms with Crippen molar-refractivity contribution >= 4 is 40.6 Å². The topological polar surface area (TPSA) is 58.4 Å². The molecule has 0 saturated carbocycles. The molecule has 110 valence electrons. The van der Waals surface area contributed by atoms with E-state index in [1.54, 1.807) is 18.2 Å². The molecule has 20 heavy (non-hydrogen) atoms. The van der Waals surface area contributed by atoms with Gasteiger partial charge >= 0.3 is 0 Å². The van der Waals surface area contributed by atoms with Crippen LogP contribution in [-0.4, -0.2) is 40.9 Å². The van der Waals surface area contributed by atoms with Gasteiger partial charge in [0.2, 0.25) is 5.91 Å². The van der Waals surface area contributed by atoms with Crippen LogP contribution in [0.5, 0.6) is 0 Å². The molecule has 6 heteroatoms. The largest absolute Gasteiger partial charge is 0.399 e. The van der Waals surface area contributed by atoms with Crippen molar-refractivity contribution in [3.8, 4) is 0 Å². The van der Waals surface area contributed by atoms with Crippen LogP contribution in [0.1, 0.15) is 13.8 Å². The molecular formula is C14H20ClN3OS. The number of benzene rings is 1. The summed E-state index contributed by atoms with van der Waals surface area (Å²) in [6, 6.07) is 5.09. The lowest BCUT2D eigenvalue weighted by molar-refractivity contribution is -0.117. The fourth-order valence-corrected chi connectivity index (χ4v) is 3.69. The lowest BCUT2D eigenvalue weighted by Crippen LogP contribution is -2.46. The number of anilines is 2. The number of hydrogen-bond acceptors (Lipinski definition) is 4. The number of thioether (sulfide) groups is 1. The van der Waals surface area contributed by atoms with Crippen LogP contribution < -0.4 is 11.1 Å². The van der Waals surface area contributed by atoms with Crippen LogP contribution in [0.3, 0.4) is 0 Å². The molecule has 1 aromatic carbocycles. The summed E-state index contributed by atoms with van der Waals surface area (Å²) in [5.74, 6) is 1.02. The van der Waals surface area contributed by atoms with Crippen LogP contribution >= 0.6 is 23.4 Å². The zero-order valence-electron chi connectivity index (χ0n) is 11.8. The normalized spacial score (nSPS) is 18.8. The first-order chi connectivity index (χ1) is 9.35. The minimum atomic E-state index is -0.0422. The smallest absolute Gasteiger partial charge is 0.238 e. The van der Waals surface area contributed by atoms with Gasteiger partial charge in [-0.3, -0.25) is 9.69 Å². The Morgan fingerprint density at radius 1 is 1.55 bits per heavy atom. The van der Waals surface area contributed by atoms with Crippen molar-refractivity contribution in [1.82, 2.24) is 4.90 Å². The highest BCUT2D eigenvalue weighted by Gasteiger charge is 2.27. The van der Waals surface area contributed by atoms with Crippen LogP contribution in [0, 0.1) is 0 Å². The maximum atomic E-state index is 12.1. The molecule has 0 bridgehead atoms. The first-order valence-electron chi connectivity index (χ1n) is 6.57. The van der Waals surface area contributed by atoms with Crippen molar-refractivity contribution in [2.75, 3.05) is 36.4 Å². The first kappa shape index (κ1) is 15.5. The second-order valence-electron chi connectivity index (χ2n) is 5.61. The summed E-state index contributed by atoms with van der Waals surface area (Å²) in [6.07, 6.45) is 0. The van der Waals surface area contributed by atoms with Gasteiger partial charge in [-0.05, 0) is 32.0 Å². The highest BCUT2D eigenvalue weighted by molar-refractivity contribution is 8.00. The van der Waals surface area contributed by atoms with Crippen LogP contribution in [-0.2, 0) is 4.79 Å². The molecule has 0 spiro atoms. The minimum absolute atomic E-state index is 0.0422. The average molecular weight is 314 g/mol. The Hall–Kier alpha value is -0.910. The SMILES string of the molecule is CC1(C)CN(CC(=O)Nc2ccc(N)cc2Cl)CCS1. The quantitative estimate of drug-likeness (QED) is 0.842. The van der Waals surface area contributed by atoms with Crippen LogP contribution in [0.15, 0.2) is 18.2 Å². The molecule has 1 aromatic rings. The second kappa shape index (κ2) is 6.24. The monoisotopic (exact) mass is 313 g/mol. The van der Waals surface area contributed by atoms with E-state index in [1.165, 1.54) is 0 Å². The van der Waals surface area contributed by atoms with Crippen molar-refractivity contribution < 1.29 is 4.79 Å². The van der Waals surface area contributed by atoms with E-state index >= 15 is 0 Å². The van der Waals surface area contributed by atoms with E-state index < -0.39 is 0 Å². The molecular weight excluding hydrogens is 294 g/mol. The standard InChI is InChI=1S/C14H20ClN3OS/c1-14(2)9-18(5-6-20-14)8-13(19)17-12-4-3-10(16)7-11(12)15/h3-4,7H,5-6,8-9,16H2,1-2H3,(H,17,19). The summed E-state index contributed by atoms with van der Waals surface area (Å²) < 4.78 is 0.206. The maximum absolute atomic E-state index is 12.1.